The Morgan fingerprint density at radius 1 is 0.967 bits per heavy atom. The van der Waals surface area contributed by atoms with Crippen LogP contribution in [0.25, 0.3) is 0 Å². The normalized spacial score (nSPS) is 46.6. The molecule has 0 radical (unpaired) electrons. The van der Waals surface area contributed by atoms with Crippen LogP contribution < -0.4 is 0 Å². The van der Waals surface area contributed by atoms with Gasteiger partial charge in [0.05, 0.1) is 12.2 Å². The maximum absolute atomic E-state index is 12.1. The number of hydrogen-bond donors (Lipinski definition) is 1. The third-order valence-corrected chi connectivity index (χ3v) is 10.6. The van der Waals surface area contributed by atoms with Gasteiger partial charge in [0.25, 0.3) is 0 Å². The van der Waals surface area contributed by atoms with Crippen LogP contribution in [-0.4, -0.2) is 23.3 Å². The summed E-state index contributed by atoms with van der Waals surface area (Å²) in [4.78, 5) is 12.1. The minimum absolute atomic E-state index is 0.00569. The molecule has 0 bridgehead atoms. The van der Waals surface area contributed by atoms with Gasteiger partial charge in [-0.1, -0.05) is 20.8 Å². The van der Waals surface area contributed by atoms with Gasteiger partial charge in [0.2, 0.25) is 0 Å². The van der Waals surface area contributed by atoms with E-state index in [1.54, 1.807) is 0 Å². The second kappa shape index (κ2) is 8.41. The van der Waals surface area contributed by atoms with Gasteiger partial charge in [-0.2, -0.15) is 0 Å². The molecule has 0 spiro atoms. The molecule has 4 aliphatic carbocycles. The van der Waals surface area contributed by atoms with Crippen molar-refractivity contribution < 1.29 is 14.6 Å². The van der Waals surface area contributed by atoms with Crippen molar-refractivity contribution in [3.05, 3.63) is 0 Å². The molecule has 0 heterocycles. The first-order valence-electron chi connectivity index (χ1n) is 13.0. The molecule has 0 aliphatic heterocycles. The first kappa shape index (κ1) is 22.6. The fourth-order valence-corrected chi connectivity index (χ4v) is 9.08. The second-order valence-corrected chi connectivity index (χ2v) is 12.4. The van der Waals surface area contributed by atoms with E-state index < -0.39 is 0 Å². The van der Waals surface area contributed by atoms with E-state index in [1.807, 2.05) is 13.8 Å². The highest BCUT2D eigenvalue weighted by atomic mass is 16.5. The van der Waals surface area contributed by atoms with Crippen molar-refractivity contribution in [3.8, 4) is 0 Å². The van der Waals surface area contributed by atoms with E-state index in [4.69, 9.17) is 4.74 Å². The van der Waals surface area contributed by atoms with Crippen LogP contribution in [-0.2, 0) is 9.53 Å². The van der Waals surface area contributed by atoms with Crippen molar-refractivity contribution in [1.29, 1.82) is 0 Å². The summed E-state index contributed by atoms with van der Waals surface area (Å²) in [6.45, 7) is 11.5. The zero-order valence-electron chi connectivity index (χ0n) is 20.2. The maximum atomic E-state index is 12.1. The van der Waals surface area contributed by atoms with Gasteiger partial charge in [-0.25, -0.2) is 0 Å². The Hall–Kier alpha value is -0.570. The lowest BCUT2D eigenvalue weighted by atomic mass is 9.44. The topological polar surface area (TPSA) is 46.5 Å². The molecule has 4 fully saturated rings. The molecule has 1 N–H and O–H groups in total. The van der Waals surface area contributed by atoms with Gasteiger partial charge in [-0.15, -0.1) is 0 Å². The molecule has 3 nitrogen and oxygen atoms in total. The van der Waals surface area contributed by atoms with Crippen LogP contribution in [0.15, 0.2) is 0 Å². The summed E-state index contributed by atoms with van der Waals surface area (Å²) in [6, 6.07) is 0. The molecular weight excluding hydrogens is 372 g/mol. The molecule has 5 unspecified atom stereocenters. The Balaban J connectivity index is 1.43. The predicted molar refractivity (Wildman–Crippen MR) is 121 cm³/mol. The lowest BCUT2D eigenvalue weighted by Gasteiger charge is -2.61. The number of carbonyl (C=O) groups excluding carboxylic acids is 1. The third kappa shape index (κ3) is 3.86. The van der Waals surface area contributed by atoms with Gasteiger partial charge in [-0.3, -0.25) is 4.79 Å². The first-order valence-corrected chi connectivity index (χ1v) is 13.0. The largest absolute Gasteiger partial charge is 0.463 e. The number of fused-ring (bicyclic) bond motifs is 5. The van der Waals surface area contributed by atoms with Crippen molar-refractivity contribution in [2.45, 2.75) is 117 Å². The molecule has 172 valence electrons. The van der Waals surface area contributed by atoms with Crippen molar-refractivity contribution in [2.24, 2.45) is 46.3 Å². The van der Waals surface area contributed by atoms with Crippen LogP contribution in [0.4, 0.5) is 0 Å². The molecule has 3 heteroatoms. The number of rotatable bonds is 5. The Bertz CT molecular complexity index is 630. The predicted octanol–water partition coefficient (Wildman–Crippen LogP) is 6.37. The highest BCUT2D eigenvalue weighted by Crippen LogP contribution is 2.68. The van der Waals surface area contributed by atoms with Gasteiger partial charge >= 0.3 is 5.97 Å². The molecule has 30 heavy (non-hydrogen) atoms. The van der Waals surface area contributed by atoms with E-state index in [0.717, 1.165) is 48.9 Å². The first-order chi connectivity index (χ1) is 14.1. The summed E-state index contributed by atoms with van der Waals surface area (Å²) in [5, 5.41) is 10.3. The molecule has 0 saturated heterocycles. The number of aliphatic hydroxyl groups is 1. The number of hydrogen-bond acceptors (Lipinski definition) is 3. The molecule has 0 amide bonds. The number of aliphatic hydroxyl groups excluding tert-OH is 1. The molecule has 0 aromatic carbocycles. The average Bonchev–Trinajstić information content (AvgIpc) is 3.03. The van der Waals surface area contributed by atoms with Gasteiger partial charge in [0, 0.05) is 6.42 Å². The van der Waals surface area contributed by atoms with Crippen LogP contribution in [0.5, 0.6) is 0 Å². The van der Waals surface area contributed by atoms with Crippen LogP contribution in [0.2, 0.25) is 0 Å². The smallest absolute Gasteiger partial charge is 0.306 e. The standard InChI is InChI=1S/C27H46O3/c1-17(2)30-25(29)11-6-18(3)22-9-10-23-21-8-7-19-16-20(28)12-14-26(19,4)24(21)13-15-27(22,23)5/h17-24,28H,6-16H2,1-5H3/t18-,19?,20-,21?,22?,23?,24?,26+,27-/m1/s1. The highest BCUT2D eigenvalue weighted by Gasteiger charge is 2.60. The fraction of sp³-hybridized carbons (Fsp3) is 0.963. The lowest BCUT2D eigenvalue weighted by molar-refractivity contribution is -0.148. The third-order valence-electron chi connectivity index (χ3n) is 10.6. The number of carbonyl (C=O) groups is 1. The summed E-state index contributed by atoms with van der Waals surface area (Å²) < 4.78 is 5.38. The monoisotopic (exact) mass is 418 g/mol. The fourth-order valence-electron chi connectivity index (χ4n) is 9.08. The van der Waals surface area contributed by atoms with Gasteiger partial charge in [-0.05, 0) is 124 Å². The van der Waals surface area contributed by atoms with Crippen LogP contribution >= 0.6 is 0 Å². The molecule has 9 atom stereocenters. The van der Waals surface area contributed by atoms with Crippen molar-refractivity contribution in [1.82, 2.24) is 0 Å². The van der Waals surface area contributed by atoms with Crippen LogP contribution in [0.3, 0.4) is 0 Å². The molecule has 4 aliphatic rings. The minimum atomic E-state index is -0.0485. The molecule has 4 saturated carbocycles. The van der Waals surface area contributed by atoms with E-state index in [-0.39, 0.29) is 18.2 Å². The quantitative estimate of drug-likeness (QED) is 0.527. The van der Waals surface area contributed by atoms with Crippen LogP contribution in [0.1, 0.15) is 105 Å². The van der Waals surface area contributed by atoms with E-state index in [9.17, 15) is 9.90 Å². The summed E-state index contributed by atoms with van der Waals surface area (Å²) >= 11 is 0. The van der Waals surface area contributed by atoms with E-state index in [1.165, 1.54) is 44.9 Å². The summed E-state index contributed by atoms with van der Waals surface area (Å²) in [5.41, 5.74) is 0.924. The van der Waals surface area contributed by atoms with Gasteiger partial charge in [0.15, 0.2) is 0 Å². The average molecular weight is 419 g/mol. The molecule has 0 aromatic heterocycles. The number of ether oxygens (including phenoxy) is 1. The molecular formula is C27H46O3. The molecule has 0 aromatic rings. The Morgan fingerprint density at radius 2 is 1.67 bits per heavy atom. The van der Waals surface area contributed by atoms with Crippen molar-refractivity contribution >= 4 is 5.97 Å². The lowest BCUT2D eigenvalue weighted by Crippen LogP contribution is -2.54. The SMILES string of the molecule is CC(C)OC(=O)CC[C@@H](C)C1CCC2C3CCC4C[C@H](O)CC[C@]4(C)C3CC[C@@]21C. The second-order valence-electron chi connectivity index (χ2n) is 12.4. The Morgan fingerprint density at radius 3 is 2.40 bits per heavy atom. The summed E-state index contributed by atoms with van der Waals surface area (Å²) in [5.74, 6) is 4.72. The summed E-state index contributed by atoms with van der Waals surface area (Å²) in [7, 11) is 0. The Labute approximate surface area is 184 Å². The summed E-state index contributed by atoms with van der Waals surface area (Å²) in [6.07, 6.45) is 13.0. The van der Waals surface area contributed by atoms with Gasteiger partial charge in [0.1, 0.15) is 0 Å². The zero-order chi connectivity index (χ0) is 21.7. The Kier molecular flexibility index (Phi) is 6.34. The zero-order valence-corrected chi connectivity index (χ0v) is 20.2. The minimum Gasteiger partial charge on any atom is -0.463 e. The van der Waals surface area contributed by atoms with E-state index in [2.05, 4.69) is 20.8 Å². The molecule has 4 rings (SSSR count). The van der Waals surface area contributed by atoms with Crippen LogP contribution in [0, 0.1) is 46.3 Å². The van der Waals surface area contributed by atoms with Crippen molar-refractivity contribution in [2.75, 3.05) is 0 Å². The highest BCUT2D eigenvalue weighted by molar-refractivity contribution is 5.69. The maximum Gasteiger partial charge on any atom is 0.306 e. The van der Waals surface area contributed by atoms with Crippen molar-refractivity contribution in [3.63, 3.8) is 0 Å². The van der Waals surface area contributed by atoms with E-state index in [0.29, 0.717) is 23.2 Å². The van der Waals surface area contributed by atoms with E-state index >= 15 is 0 Å². The number of esters is 1. The van der Waals surface area contributed by atoms with Gasteiger partial charge < -0.3 is 9.84 Å².